The number of nitrogens with one attached hydrogen (secondary N) is 1. The third-order valence-corrected chi connectivity index (χ3v) is 3.89. The molecule has 0 saturated carbocycles. The lowest BCUT2D eigenvalue weighted by molar-refractivity contribution is 0.0601. The van der Waals surface area contributed by atoms with Crippen LogP contribution in [0.1, 0.15) is 37.0 Å². The quantitative estimate of drug-likeness (QED) is 0.846. The topological polar surface area (TPSA) is 41.6 Å². The second kappa shape index (κ2) is 7.46. The third kappa shape index (κ3) is 4.74. The zero-order chi connectivity index (χ0) is 15.2. The molecule has 1 N–H and O–H groups in total. The van der Waals surface area contributed by atoms with Crippen LogP contribution >= 0.6 is 0 Å². The third-order valence-electron chi connectivity index (χ3n) is 3.89. The van der Waals surface area contributed by atoms with Crippen LogP contribution < -0.4 is 5.32 Å². The summed E-state index contributed by atoms with van der Waals surface area (Å²) in [6, 6.07) is 8.04. The SMILES string of the molecule is COC(=O)c1ccc(NC2CCN(CC(C)C)CC2)cc1. The van der Waals surface area contributed by atoms with Crippen molar-refractivity contribution in [3.8, 4) is 0 Å². The van der Waals surface area contributed by atoms with E-state index in [1.54, 1.807) is 0 Å². The Labute approximate surface area is 127 Å². The first-order valence-electron chi connectivity index (χ1n) is 7.75. The molecule has 21 heavy (non-hydrogen) atoms. The van der Waals surface area contributed by atoms with Crippen LogP contribution in [0.15, 0.2) is 24.3 Å². The van der Waals surface area contributed by atoms with Gasteiger partial charge in [-0.15, -0.1) is 0 Å². The van der Waals surface area contributed by atoms with E-state index in [-0.39, 0.29) is 5.97 Å². The van der Waals surface area contributed by atoms with E-state index in [4.69, 9.17) is 4.74 Å². The number of likely N-dealkylation sites (tertiary alicyclic amines) is 1. The number of methoxy groups -OCH3 is 1. The van der Waals surface area contributed by atoms with E-state index in [0.717, 1.165) is 24.7 Å². The van der Waals surface area contributed by atoms with Crippen molar-refractivity contribution in [2.45, 2.75) is 32.7 Å². The number of rotatable bonds is 5. The van der Waals surface area contributed by atoms with E-state index in [1.165, 1.54) is 26.5 Å². The Bertz CT molecular complexity index is 448. The molecule has 1 aliphatic rings. The van der Waals surface area contributed by atoms with Gasteiger partial charge in [-0.05, 0) is 43.0 Å². The molecule has 0 aromatic heterocycles. The van der Waals surface area contributed by atoms with Crippen molar-refractivity contribution in [1.29, 1.82) is 0 Å². The Morgan fingerprint density at radius 3 is 2.43 bits per heavy atom. The van der Waals surface area contributed by atoms with Gasteiger partial charge in [0.2, 0.25) is 0 Å². The zero-order valence-electron chi connectivity index (χ0n) is 13.3. The summed E-state index contributed by atoms with van der Waals surface area (Å²) in [5, 5.41) is 3.56. The summed E-state index contributed by atoms with van der Waals surface area (Å²) in [5.41, 5.74) is 1.67. The molecule has 2 rings (SSSR count). The molecule has 1 aromatic rings. The summed E-state index contributed by atoms with van der Waals surface area (Å²) in [4.78, 5) is 13.9. The minimum Gasteiger partial charge on any atom is -0.465 e. The maximum Gasteiger partial charge on any atom is 0.337 e. The van der Waals surface area contributed by atoms with Gasteiger partial charge < -0.3 is 15.0 Å². The zero-order valence-corrected chi connectivity index (χ0v) is 13.3. The number of nitrogens with zero attached hydrogens (tertiary/aromatic N) is 1. The van der Waals surface area contributed by atoms with Gasteiger partial charge in [-0.25, -0.2) is 4.79 Å². The minimum absolute atomic E-state index is 0.288. The molecule has 4 heteroatoms. The first kappa shape index (κ1) is 15.8. The molecule has 0 spiro atoms. The van der Waals surface area contributed by atoms with Gasteiger partial charge in [0.1, 0.15) is 0 Å². The monoisotopic (exact) mass is 290 g/mol. The van der Waals surface area contributed by atoms with Crippen molar-refractivity contribution in [3.05, 3.63) is 29.8 Å². The number of anilines is 1. The summed E-state index contributed by atoms with van der Waals surface area (Å²) < 4.78 is 4.70. The molecule has 0 atom stereocenters. The Morgan fingerprint density at radius 2 is 1.90 bits per heavy atom. The van der Waals surface area contributed by atoms with Gasteiger partial charge in [0.25, 0.3) is 0 Å². The number of hydrogen-bond acceptors (Lipinski definition) is 4. The molecule has 1 aromatic carbocycles. The van der Waals surface area contributed by atoms with E-state index in [0.29, 0.717) is 11.6 Å². The standard InChI is InChI=1S/C17H26N2O2/c1-13(2)12-19-10-8-16(9-11-19)18-15-6-4-14(5-7-15)17(20)21-3/h4-7,13,16,18H,8-12H2,1-3H3. The Kier molecular flexibility index (Phi) is 5.62. The Balaban J connectivity index is 1.82. The number of esters is 1. The van der Waals surface area contributed by atoms with Crippen molar-refractivity contribution >= 4 is 11.7 Å². The molecule has 1 saturated heterocycles. The summed E-state index contributed by atoms with van der Waals surface area (Å²) in [6.07, 6.45) is 2.34. The van der Waals surface area contributed by atoms with Crippen LogP contribution in [0.5, 0.6) is 0 Å². The lowest BCUT2D eigenvalue weighted by Gasteiger charge is -2.33. The van der Waals surface area contributed by atoms with Crippen LogP contribution in [-0.4, -0.2) is 43.7 Å². The van der Waals surface area contributed by atoms with Crippen LogP contribution in [-0.2, 0) is 4.74 Å². The lowest BCUT2D eigenvalue weighted by atomic mass is 10.0. The number of benzene rings is 1. The van der Waals surface area contributed by atoms with Gasteiger partial charge in [-0.1, -0.05) is 13.8 Å². The molecule has 0 unspecified atom stereocenters. The Morgan fingerprint density at radius 1 is 1.29 bits per heavy atom. The molecular formula is C17H26N2O2. The smallest absolute Gasteiger partial charge is 0.337 e. The summed E-state index contributed by atoms with van der Waals surface area (Å²) in [6.45, 7) is 8.06. The van der Waals surface area contributed by atoms with Crippen LogP contribution in [0.25, 0.3) is 0 Å². The molecule has 0 aliphatic carbocycles. The van der Waals surface area contributed by atoms with Crippen LogP contribution in [0.4, 0.5) is 5.69 Å². The number of piperidine rings is 1. The van der Waals surface area contributed by atoms with E-state index < -0.39 is 0 Å². The first-order chi connectivity index (χ1) is 10.1. The highest BCUT2D eigenvalue weighted by Crippen LogP contribution is 2.18. The van der Waals surface area contributed by atoms with Crippen molar-refractivity contribution in [3.63, 3.8) is 0 Å². The van der Waals surface area contributed by atoms with Gasteiger partial charge in [0, 0.05) is 31.4 Å². The molecule has 0 amide bonds. The summed E-state index contributed by atoms with van der Waals surface area (Å²) in [7, 11) is 1.40. The lowest BCUT2D eigenvalue weighted by Crippen LogP contribution is -2.40. The van der Waals surface area contributed by atoms with Crippen molar-refractivity contribution in [1.82, 2.24) is 4.90 Å². The second-order valence-corrected chi connectivity index (χ2v) is 6.18. The largest absolute Gasteiger partial charge is 0.465 e. The van der Waals surface area contributed by atoms with Gasteiger partial charge in [-0.3, -0.25) is 0 Å². The predicted molar refractivity (Wildman–Crippen MR) is 85.7 cm³/mol. The average Bonchev–Trinajstić information content (AvgIpc) is 2.49. The molecule has 1 aliphatic heterocycles. The minimum atomic E-state index is -0.288. The second-order valence-electron chi connectivity index (χ2n) is 6.18. The molecule has 116 valence electrons. The highest BCUT2D eigenvalue weighted by molar-refractivity contribution is 5.89. The van der Waals surface area contributed by atoms with E-state index in [9.17, 15) is 4.79 Å². The predicted octanol–water partition coefficient (Wildman–Crippen LogP) is 3.01. The Hall–Kier alpha value is -1.55. The molecule has 0 radical (unpaired) electrons. The fourth-order valence-corrected chi connectivity index (χ4v) is 2.83. The molecular weight excluding hydrogens is 264 g/mol. The van der Waals surface area contributed by atoms with Gasteiger partial charge in [0.05, 0.1) is 12.7 Å². The van der Waals surface area contributed by atoms with Crippen LogP contribution in [0.3, 0.4) is 0 Å². The fourth-order valence-electron chi connectivity index (χ4n) is 2.83. The average molecular weight is 290 g/mol. The summed E-state index contributed by atoms with van der Waals surface area (Å²) >= 11 is 0. The molecule has 1 heterocycles. The van der Waals surface area contributed by atoms with Gasteiger partial charge >= 0.3 is 5.97 Å². The highest BCUT2D eigenvalue weighted by atomic mass is 16.5. The van der Waals surface area contributed by atoms with E-state index in [1.807, 2.05) is 24.3 Å². The number of ether oxygens (including phenoxy) is 1. The van der Waals surface area contributed by atoms with E-state index in [2.05, 4.69) is 24.1 Å². The number of carbonyl (C=O) groups is 1. The van der Waals surface area contributed by atoms with Crippen LogP contribution in [0, 0.1) is 5.92 Å². The maximum atomic E-state index is 11.4. The maximum absolute atomic E-state index is 11.4. The number of carbonyl (C=O) groups excluding carboxylic acids is 1. The molecule has 0 bridgehead atoms. The highest BCUT2D eigenvalue weighted by Gasteiger charge is 2.19. The van der Waals surface area contributed by atoms with Gasteiger partial charge in [0.15, 0.2) is 0 Å². The number of hydrogen-bond donors (Lipinski definition) is 1. The normalized spacial score (nSPS) is 17.0. The van der Waals surface area contributed by atoms with E-state index >= 15 is 0 Å². The summed E-state index contributed by atoms with van der Waals surface area (Å²) in [5.74, 6) is 0.448. The van der Waals surface area contributed by atoms with Crippen molar-refractivity contribution in [2.75, 3.05) is 32.1 Å². The first-order valence-corrected chi connectivity index (χ1v) is 7.75. The fraction of sp³-hybridized carbons (Fsp3) is 0.588. The van der Waals surface area contributed by atoms with Crippen molar-refractivity contribution < 1.29 is 9.53 Å². The molecule has 1 fully saturated rings. The van der Waals surface area contributed by atoms with Crippen molar-refractivity contribution in [2.24, 2.45) is 5.92 Å². The molecule has 4 nitrogen and oxygen atoms in total. The van der Waals surface area contributed by atoms with Gasteiger partial charge in [-0.2, -0.15) is 0 Å². The van der Waals surface area contributed by atoms with Crippen LogP contribution in [0.2, 0.25) is 0 Å².